The van der Waals surface area contributed by atoms with E-state index in [9.17, 15) is 4.79 Å². The van der Waals surface area contributed by atoms with Crippen LogP contribution in [0, 0.1) is 0 Å². The largest absolute Gasteiger partial charge is 0.492 e. The maximum atomic E-state index is 11.9. The predicted molar refractivity (Wildman–Crippen MR) is 88.4 cm³/mol. The summed E-state index contributed by atoms with van der Waals surface area (Å²) >= 11 is 0. The van der Waals surface area contributed by atoms with Crippen LogP contribution in [0.15, 0.2) is 66.4 Å². The number of nitrogens with one attached hydrogen (secondary N) is 1. The molecule has 23 heavy (non-hydrogen) atoms. The molecule has 0 atom stereocenters. The smallest absolute Gasteiger partial charge is 0.342 e. The number of benzene rings is 2. The van der Waals surface area contributed by atoms with Crippen LogP contribution in [0.3, 0.4) is 0 Å². The lowest BCUT2D eigenvalue weighted by Gasteiger charge is -2.09. The summed E-state index contributed by atoms with van der Waals surface area (Å²) in [6, 6.07) is 19.7. The van der Waals surface area contributed by atoms with E-state index in [0.717, 1.165) is 12.1 Å². The first-order valence-corrected chi connectivity index (χ1v) is 7.68. The van der Waals surface area contributed by atoms with Crippen molar-refractivity contribution in [3.05, 3.63) is 77.5 Å². The molecule has 0 unspecified atom stereocenters. The Balaban J connectivity index is 1.52. The van der Waals surface area contributed by atoms with Gasteiger partial charge in [0, 0.05) is 13.1 Å². The van der Waals surface area contributed by atoms with Crippen LogP contribution in [0.25, 0.3) is 5.57 Å². The maximum Gasteiger partial charge on any atom is 0.342 e. The van der Waals surface area contributed by atoms with Crippen molar-refractivity contribution in [3.63, 3.8) is 0 Å². The summed E-state index contributed by atoms with van der Waals surface area (Å²) in [6.45, 7) is 2.20. The molecule has 118 valence electrons. The van der Waals surface area contributed by atoms with Gasteiger partial charge in [0.2, 0.25) is 0 Å². The standard InChI is InChI=1S/C19H19NO3/c21-19-18(16-9-5-2-6-10-16)17(14-23-19)22-12-11-20-13-15-7-3-1-4-8-15/h1-10,20H,11-14H2. The van der Waals surface area contributed by atoms with Crippen LogP contribution in [0.2, 0.25) is 0 Å². The Bertz CT molecular complexity index is 680. The molecule has 0 amide bonds. The number of cyclic esters (lactones) is 1. The molecule has 1 heterocycles. The summed E-state index contributed by atoms with van der Waals surface area (Å²) in [6.07, 6.45) is 0. The topological polar surface area (TPSA) is 47.6 Å². The van der Waals surface area contributed by atoms with E-state index < -0.39 is 0 Å². The van der Waals surface area contributed by atoms with Gasteiger partial charge in [-0.1, -0.05) is 60.7 Å². The van der Waals surface area contributed by atoms with Crippen LogP contribution in [-0.4, -0.2) is 25.7 Å². The summed E-state index contributed by atoms with van der Waals surface area (Å²) < 4.78 is 10.9. The Kier molecular flexibility index (Phi) is 5.06. The molecule has 0 saturated heterocycles. The van der Waals surface area contributed by atoms with Crippen LogP contribution in [0.1, 0.15) is 11.1 Å². The summed E-state index contributed by atoms with van der Waals surface area (Å²) in [5.74, 6) is 0.297. The molecule has 0 bridgehead atoms. The van der Waals surface area contributed by atoms with E-state index in [1.165, 1.54) is 5.56 Å². The summed E-state index contributed by atoms with van der Waals surface area (Å²) in [4.78, 5) is 11.9. The zero-order valence-corrected chi connectivity index (χ0v) is 12.8. The van der Waals surface area contributed by atoms with Crippen molar-refractivity contribution in [1.29, 1.82) is 0 Å². The fourth-order valence-corrected chi connectivity index (χ4v) is 2.46. The van der Waals surface area contributed by atoms with Gasteiger partial charge in [-0.3, -0.25) is 0 Å². The number of carbonyl (C=O) groups is 1. The van der Waals surface area contributed by atoms with Crippen molar-refractivity contribution in [2.45, 2.75) is 6.54 Å². The average molecular weight is 309 g/mol. The average Bonchev–Trinajstić information content (AvgIpc) is 2.97. The third-order valence-electron chi connectivity index (χ3n) is 3.61. The summed E-state index contributed by atoms with van der Waals surface area (Å²) in [7, 11) is 0. The molecule has 0 spiro atoms. The molecule has 4 heteroatoms. The van der Waals surface area contributed by atoms with Crippen molar-refractivity contribution in [1.82, 2.24) is 5.32 Å². The zero-order chi connectivity index (χ0) is 15.9. The summed E-state index contributed by atoms with van der Waals surface area (Å²) in [5, 5.41) is 3.32. The second-order valence-corrected chi connectivity index (χ2v) is 5.25. The zero-order valence-electron chi connectivity index (χ0n) is 12.8. The second kappa shape index (κ2) is 7.61. The molecule has 2 aromatic rings. The molecule has 1 aliphatic heterocycles. The number of carbonyl (C=O) groups excluding carboxylic acids is 1. The van der Waals surface area contributed by atoms with Crippen LogP contribution >= 0.6 is 0 Å². The van der Waals surface area contributed by atoms with E-state index in [-0.39, 0.29) is 12.6 Å². The van der Waals surface area contributed by atoms with Crippen molar-refractivity contribution >= 4 is 11.5 Å². The third kappa shape index (κ3) is 3.99. The Morgan fingerprint density at radius 1 is 1.00 bits per heavy atom. The van der Waals surface area contributed by atoms with Crippen LogP contribution in [-0.2, 0) is 20.8 Å². The lowest BCUT2D eigenvalue weighted by Crippen LogP contribution is -2.19. The van der Waals surface area contributed by atoms with Crippen molar-refractivity contribution < 1.29 is 14.3 Å². The maximum absolute atomic E-state index is 11.9. The predicted octanol–water partition coefficient (Wildman–Crippen LogP) is 2.76. The van der Waals surface area contributed by atoms with E-state index in [4.69, 9.17) is 9.47 Å². The first kappa shape index (κ1) is 15.3. The highest BCUT2D eigenvalue weighted by Crippen LogP contribution is 2.26. The molecule has 3 rings (SSSR count). The van der Waals surface area contributed by atoms with Crippen LogP contribution in [0.4, 0.5) is 0 Å². The minimum atomic E-state index is -0.316. The van der Waals surface area contributed by atoms with Crippen LogP contribution in [0.5, 0.6) is 0 Å². The van der Waals surface area contributed by atoms with E-state index in [2.05, 4.69) is 17.4 Å². The van der Waals surface area contributed by atoms with Gasteiger partial charge in [-0.25, -0.2) is 4.79 Å². The number of esters is 1. The van der Waals surface area contributed by atoms with Gasteiger partial charge in [-0.2, -0.15) is 0 Å². The molecule has 1 aliphatic rings. The fourth-order valence-electron chi connectivity index (χ4n) is 2.46. The molecule has 2 aromatic carbocycles. The van der Waals surface area contributed by atoms with E-state index in [1.54, 1.807) is 0 Å². The lowest BCUT2D eigenvalue weighted by molar-refractivity contribution is -0.134. The Morgan fingerprint density at radius 3 is 2.43 bits per heavy atom. The minimum absolute atomic E-state index is 0.210. The highest BCUT2D eigenvalue weighted by atomic mass is 16.6. The first-order valence-electron chi connectivity index (χ1n) is 7.68. The van der Waals surface area contributed by atoms with Gasteiger partial charge in [0.15, 0.2) is 0 Å². The fraction of sp³-hybridized carbons (Fsp3) is 0.211. The number of hydrogen-bond acceptors (Lipinski definition) is 4. The lowest BCUT2D eigenvalue weighted by atomic mass is 10.1. The molecule has 0 fully saturated rings. The van der Waals surface area contributed by atoms with Crippen molar-refractivity contribution in [2.24, 2.45) is 0 Å². The van der Waals surface area contributed by atoms with Gasteiger partial charge in [0.05, 0.1) is 0 Å². The molecule has 0 saturated carbocycles. The monoisotopic (exact) mass is 309 g/mol. The molecular formula is C19H19NO3. The molecule has 1 N–H and O–H groups in total. The molecule has 0 aromatic heterocycles. The van der Waals surface area contributed by atoms with Gasteiger partial charge in [0.1, 0.15) is 24.5 Å². The second-order valence-electron chi connectivity index (χ2n) is 5.25. The number of ether oxygens (including phenoxy) is 2. The third-order valence-corrected chi connectivity index (χ3v) is 3.61. The van der Waals surface area contributed by atoms with Gasteiger partial charge < -0.3 is 14.8 Å². The normalized spacial score (nSPS) is 14.0. The molecule has 0 radical (unpaired) electrons. The van der Waals surface area contributed by atoms with Crippen molar-refractivity contribution in [2.75, 3.05) is 19.8 Å². The van der Waals surface area contributed by atoms with Gasteiger partial charge in [0.25, 0.3) is 0 Å². The van der Waals surface area contributed by atoms with Gasteiger partial charge in [-0.15, -0.1) is 0 Å². The molecular weight excluding hydrogens is 290 g/mol. The van der Waals surface area contributed by atoms with Crippen molar-refractivity contribution in [3.8, 4) is 0 Å². The number of hydrogen-bond donors (Lipinski definition) is 1. The van der Waals surface area contributed by atoms with E-state index >= 15 is 0 Å². The first-order chi connectivity index (χ1) is 11.3. The minimum Gasteiger partial charge on any atom is -0.492 e. The Morgan fingerprint density at radius 2 is 1.70 bits per heavy atom. The SMILES string of the molecule is O=C1OCC(OCCNCc2ccccc2)=C1c1ccccc1. The highest BCUT2D eigenvalue weighted by Gasteiger charge is 2.27. The number of rotatable bonds is 7. The quantitative estimate of drug-likeness (QED) is 0.631. The Labute approximate surface area is 135 Å². The van der Waals surface area contributed by atoms with E-state index in [0.29, 0.717) is 24.5 Å². The van der Waals surface area contributed by atoms with Crippen LogP contribution < -0.4 is 5.32 Å². The molecule has 4 nitrogen and oxygen atoms in total. The van der Waals surface area contributed by atoms with E-state index in [1.807, 2.05) is 48.5 Å². The summed E-state index contributed by atoms with van der Waals surface area (Å²) in [5.41, 5.74) is 2.60. The Hall–Kier alpha value is -2.59. The molecule has 0 aliphatic carbocycles. The highest BCUT2D eigenvalue weighted by molar-refractivity contribution is 6.18. The van der Waals surface area contributed by atoms with Gasteiger partial charge >= 0.3 is 5.97 Å². The van der Waals surface area contributed by atoms with Gasteiger partial charge in [-0.05, 0) is 11.1 Å².